The fourth-order valence-corrected chi connectivity index (χ4v) is 3.98. The molecule has 2 nitrogen and oxygen atoms in total. The Morgan fingerprint density at radius 1 is 1.28 bits per heavy atom. The molecule has 1 aliphatic rings. The molecule has 0 saturated heterocycles. The highest BCUT2D eigenvalue weighted by atomic mass is 32.2. The fraction of sp³-hybridized carbons (Fsp3) is 0.600. The smallest absolute Gasteiger partial charge is 0.0545 e. The lowest BCUT2D eigenvalue weighted by Crippen LogP contribution is -2.33. The van der Waals surface area contributed by atoms with Crippen LogP contribution < -0.4 is 5.32 Å². The van der Waals surface area contributed by atoms with Crippen molar-refractivity contribution in [1.29, 1.82) is 0 Å². The summed E-state index contributed by atoms with van der Waals surface area (Å²) < 4.78 is 12.4. The lowest BCUT2D eigenvalue weighted by atomic mass is 10.1. The van der Waals surface area contributed by atoms with Gasteiger partial charge in [-0.25, -0.2) is 0 Å². The summed E-state index contributed by atoms with van der Waals surface area (Å²) in [6.45, 7) is 5.19. The van der Waals surface area contributed by atoms with Gasteiger partial charge in [-0.15, -0.1) is 0 Å². The van der Waals surface area contributed by atoms with E-state index in [1.54, 1.807) is 0 Å². The zero-order valence-electron chi connectivity index (χ0n) is 11.4. The monoisotopic (exact) mass is 265 g/mol. The number of rotatable bonds is 6. The molecule has 18 heavy (non-hydrogen) atoms. The van der Waals surface area contributed by atoms with Gasteiger partial charge in [0.25, 0.3) is 0 Å². The molecule has 2 rings (SSSR count). The summed E-state index contributed by atoms with van der Waals surface area (Å²) in [4.78, 5) is 1.01. The van der Waals surface area contributed by atoms with Crippen molar-refractivity contribution in [3.63, 3.8) is 0 Å². The zero-order chi connectivity index (χ0) is 13.0. The standard InChI is InChI=1S/C15H23NOS/c1-3-14(16-4-2)11-18(17)15-9-8-12-6-5-7-13(12)10-15/h8-10,14,16H,3-7,11H2,1-2H3. The van der Waals surface area contributed by atoms with Gasteiger partial charge in [0, 0.05) is 16.7 Å². The Morgan fingerprint density at radius 3 is 2.78 bits per heavy atom. The third-order valence-electron chi connectivity index (χ3n) is 3.67. The van der Waals surface area contributed by atoms with Crippen LogP contribution in [0.4, 0.5) is 0 Å². The van der Waals surface area contributed by atoms with Crippen LogP contribution in [0.25, 0.3) is 0 Å². The van der Waals surface area contributed by atoms with Gasteiger partial charge in [-0.05, 0) is 55.5 Å². The number of aryl methyl sites for hydroxylation is 2. The third kappa shape index (κ3) is 3.21. The van der Waals surface area contributed by atoms with Crippen LogP contribution in [0.2, 0.25) is 0 Å². The van der Waals surface area contributed by atoms with Crippen molar-refractivity contribution in [1.82, 2.24) is 5.32 Å². The minimum atomic E-state index is -0.870. The molecule has 0 saturated carbocycles. The highest BCUT2D eigenvalue weighted by molar-refractivity contribution is 7.85. The van der Waals surface area contributed by atoms with E-state index in [4.69, 9.17) is 0 Å². The fourth-order valence-electron chi connectivity index (χ4n) is 2.58. The average Bonchev–Trinajstić information content (AvgIpc) is 2.85. The lowest BCUT2D eigenvalue weighted by molar-refractivity contribution is 0.553. The van der Waals surface area contributed by atoms with Crippen LogP contribution in [-0.2, 0) is 23.6 Å². The Hall–Kier alpha value is -0.670. The number of hydrogen-bond acceptors (Lipinski definition) is 2. The highest BCUT2D eigenvalue weighted by Crippen LogP contribution is 2.24. The average molecular weight is 265 g/mol. The van der Waals surface area contributed by atoms with E-state index in [1.165, 1.54) is 24.0 Å². The van der Waals surface area contributed by atoms with Crippen molar-refractivity contribution in [2.75, 3.05) is 12.3 Å². The number of benzene rings is 1. The van der Waals surface area contributed by atoms with E-state index in [2.05, 4.69) is 37.4 Å². The number of hydrogen-bond donors (Lipinski definition) is 1. The minimum absolute atomic E-state index is 0.365. The molecule has 0 heterocycles. The van der Waals surface area contributed by atoms with Gasteiger partial charge in [0.1, 0.15) is 0 Å². The zero-order valence-corrected chi connectivity index (χ0v) is 12.2. The molecular formula is C15H23NOS. The predicted octanol–water partition coefficient (Wildman–Crippen LogP) is 2.67. The molecule has 3 heteroatoms. The second kappa shape index (κ2) is 6.48. The van der Waals surface area contributed by atoms with E-state index >= 15 is 0 Å². The van der Waals surface area contributed by atoms with E-state index in [1.807, 2.05) is 0 Å². The van der Waals surface area contributed by atoms with Gasteiger partial charge in [-0.2, -0.15) is 0 Å². The number of nitrogens with one attached hydrogen (secondary N) is 1. The van der Waals surface area contributed by atoms with Crippen molar-refractivity contribution >= 4 is 10.8 Å². The molecule has 1 aromatic rings. The maximum absolute atomic E-state index is 12.4. The molecular weight excluding hydrogens is 242 g/mol. The Labute approximate surface area is 113 Å². The molecule has 100 valence electrons. The second-order valence-electron chi connectivity index (χ2n) is 4.96. The summed E-state index contributed by atoms with van der Waals surface area (Å²) in [6.07, 6.45) is 4.63. The van der Waals surface area contributed by atoms with Gasteiger partial charge < -0.3 is 5.32 Å². The van der Waals surface area contributed by atoms with Gasteiger partial charge in [0.2, 0.25) is 0 Å². The molecule has 1 N–H and O–H groups in total. The van der Waals surface area contributed by atoms with E-state index in [0.29, 0.717) is 6.04 Å². The molecule has 0 aliphatic heterocycles. The number of fused-ring (bicyclic) bond motifs is 1. The largest absolute Gasteiger partial charge is 0.313 e. The molecule has 2 atom stereocenters. The van der Waals surface area contributed by atoms with Crippen LogP contribution in [0.15, 0.2) is 23.1 Å². The Kier molecular flexibility index (Phi) is 4.95. The van der Waals surface area contributed by atoms with Gasteiger partial charge in [0.15, 0.2) is 0 Å². The summed E-state index contributed by atoms with van der Waals surface area (Å²) in [5.41, 5.74) is 2.87. The van der Waals surface area contributed by atoms with Crippen LogP contribution in [-0.4, -0.2) is 22.5 Å². The van der Waals surface area contributed by atoms with E-state index in [9.17, 15) is 4.21 Å². The molecule has 0 bridgehead atoms. The van der Waals surface area contributed by atoms with Crippen molar-refractivity contribution in [2.24, 2.45) is 0 Å². The Balaban J connectivity index is 2.04. The summed E-state index contributed by atoms with van der Waals surface area (Å²) in [6, 6.07) is 6.75. The molecule has 1 aromatic carbocycles. The quantitative estimate of drug-likeness (QED) is 0.857. The summed E-state index contributed by atoms with van der Waals surface area (Å²) >= 11 is 0. The third-order valence-corrected chi connectivity index (χ3v) is 5.16. The van der Waals surface area contributed by atoms with E-state index < -0.39 is 10.8 Å². The van der Waals surface area contributed by atoms with Crippen LogP contribution in [0, 0.1) is 0 Å². The van der Waals surface area contributed by atoms with E-state index in [0.717, 1.165) is 30.0 Å². The first-order valence-corrected chi connectivity index (χ1v) is 8.30. The second-order valence-corrected chi connectivity index (χ2v) is 6.45. The van der Waals surface area contributed by atoms with E-state index in [-0.39, 0.29) is 0 Å². The van der Waals surface area contributed by atoms with Crippen molar-refractivity contribution in [3.8, 4) is 0 Å². The predicted molar refractivity (Wildman–Crippen MR) is 77.5 cm³/mol. The Bertz CT molecular complexity index is 431. The first kappa shape index (κ1) is 13.8. The first-order chi connectivity index (χ1) is 8.74. The summed E-state index contributed by atoms with van der Waals surface area (Å²) in [5.74, 6) is 0.725. The summed E-state index contributed by atoms with van der Waals surface area (Å²) in [7, 11) is -0.870. The van der Waals surface area contributed by atoms with Crippen LogP contribution >= 0.6 is 0 Å². The van der Waals surface area contributed by atoms with Gasteiger partial charge in [-0.1, -0.05) is 19.9 Å². The molecule has 0 radical (unpaired) electrons. The van der Waals surface area contributed by atoms with Crippen LogP contribution in [0.5, 0.6) is 0 Å². The molecule has 0 fully saturated rings. The minimum Gasteiger partial charge on any atom is -0.313 e. The van der Waals surface area contributed by atoms with Gasteiger partial charge >= 0.3 is 0 Å². The SMILES string of the molecule is CCNC(CC)CS(=O)c1ccc2c(c1)CCC2. The normalized spacial score (nSPS) is 17.4. The highest BCUT2D eigenvalue weighted by Gasteiger charge is 2.15. The summed E-state index contributed by atoms with van der Waals surface area (Å²) in [5, 5.41) is 3.39. The van der Waals surface area contributed by atoms with Crippen LogP contribution in [0.3, 0.4) is 0 Å². The van der Waals surface area contributed by atoms with Crippen molar-refractivity contribution < 1.29 is 4.21 Å². The molecule has 1 aliphatic carbocycles. The molecule has 0 amide bonds. The topological polar surface area (TPSA) is 29.1 Å². The van der Waals surface area contributed by atoms with Crippen molar-refractivity contribution in [3.05, 3.63) is 29.3 Å². The maximum Gasteiger partial charge on any atom is 0.0545 e. The maximum atomic E-state index is 12.4. The molecule has 0 spiro atoms. The first-order valence-electron chi connectivity index (χ1n) is 6.98. The van der Waals surface area contributed by atoms with Crippen molar-refractivity contribution in [2.45, 2.75) is 50.5 Å². The molecule has 0 aromatic heterocycles. The Morgan fingerprint density at radius 2 is 2.06 bits per heavy atom. The van der Waals surface area contributed by atoms with Gasteiger partial charge in [0.05, 0.1) is 10.8 Å². The van der Waals surface area contributed by atoms with Gasteiger partial charge in [-0.3, -0.25) is 4.21 Å². The lowest BCUT2D eigenvalue weighted by Gasteiger charge is -2.15. The van der Waals surface area contributed by atoms with Crippen LogP contribution in [0.1, 0.15) is 37.8 Å². The molecule has 2 unspecified atom stereocenters.